The third kappa shape index (κ3) is 6.80. The lowest BCUT2D eigenvalue weighted by atomic mass is 10.3. The van der Waals surface area contributed by atoms with Crippen molar-refractivity contribution in [2.75, 3.05) is 13.7 Å². The minimum absolute atomic E-state index is 0.245. The third-order valence-corrected chi connectivity index (χ3v) is 4.32. The first-order chi connectivity index (χ1) is 15.4. The van der Waals surface area contributed by atoms with Crippen molar-refractivity contribution < 1.29 is 28.5 Å². The number of hydrogen-bond acceptors (Lipinski definition) is 6. The fourth-order valence-corrected chi connectivity index (χ4v) is 2.63. The molecule has 0 aliphatic rings. The maximum absolute atomic E-state index is 11.5. The number of esters is 1. The van der Waals surface area contributed by atoms with Crippen LogP contribution in [-0.2, 0) is 9.53 Å². The first-order valence-corrected chi connectivity index (χ1v) is 10.1. The van der Waals surface area contributed by atoms with Gasteiger partial charge in [-0.15, -0.1) is 0 Å². The Kier molecular flexibility index (Phi) is 7.75. The number of methoxy groups -OCH3 is 1. The van der Waals surface area contributed by atoms with Crippen molar-refractivity contribution in [3.8, 4) is 34.5 Å². The van der Waals surface area contributed by atoms with Crippen molar-refractivity contribution in [1.82, 2.24) is 0 Å². The topological polar surface area (TPSA) is 63.2 Å². The first-order valence-electron chi connectivity index (χ1n) is 10.1. The van der Waals surface area contributed by atoms with E-state index in [0.717, 1.165) is 11.5 Å². The monoisotopic (exact) mass is 434 g/mol. The fourth-order valence-electron chi connectivity index (χ4n) is 2.63. The molecule has 6 nitrogen and oxygen atoms in total. The standard InChI is InChI=1S/C26H26O6/c1-18(2)26(27)30-19(3)17-29-21-7-11-23(12-8-21)32-25-15-13-24(14-16-25)31-22-9-5-20(28-4)6-10-22/h5-16,19H,1,17H2,2-4H3. The van der Waals surface area contributed by atoms with Gasteiger partial charge >= 0.3 is 5.97 Å². The molecule has 0 heterocycles. The van der Waals surface area contributed by atoms with Gasteiger partial charge in [0.1, 0.15) is 47.2 Å². The Morgan fingerprint density at radius 3 is 1.50 bits per heavy atom. The van der Waals surface area contributed by atoms with E-state index in [1.807, 2.05) is 60.7 Å². The van der Waals surface area contributed by atoms with Crippen LogP contribution in [0.1, 0.15) is 13.8 Å². The first kappa shape index (κ1) is 22.7. The minimum atomic E-state index is -0.426. The largest absolute Gasteiger partial charge is 0.497 e. The van der Waals surface area contributed by atoms with Crippen molar-refractivity contribution in [3.63, 3.8) is 0 Å². The summed E-state index contributed by atoms with van der Waals surface area (Å²) in [7, 11) is 1.63. The Balaban J connectivity index is 1.49. The molecule has 0 N–H and O–H groups in total. The van der Waals surface area contributed by atoms with Gasteiger partial charge in [0.2, 0.25) is 0 Å². The highest BCUT2D eigenvalue weighted by Gasteiger charge is 2.11. The van der Waals surface area contributed by atoms with Crippen molar-refractivity contribution >= 4 is 5.97 Å². The van der Waals surface area contributed by atoms with Gasteiger partial charge in [0, 0.05) is 5.57 Å². The molecule has 0 spiro atoms. The summed E-state index contributed by atoms with van der Waals surface area (Å²) in [4.78, 5) is 11.5. The highest BCUT2D eigenvalue weighted by atomic mass is 16.6. The molecule has 0 fully saturated rings. The van der Waals surface area contributed by atoms with Crippen LogP contribution in [-0.4, -0.2) is 25.8 Å². The average Bonchev–Trinajstić information content (AvgIpc) is 2.80. The molecule has 0 saturated carbocycles. The summed E-state index contributed by atoms with van der Waals surface area (Å²) in [6.45, 7) is 7.18. The van der Waals surface area contributed by atoms with Gasteiger partial charge in [-0.05, 0) is 86.6 Å². The van der Waals surface area contributed by atoms with Crippen molar-refractivity contribution in [1.29, 1.82) is 0 Å². The van der Waals surface area contributed by atoms with Crippen LogP contribution in [0.2, 0.25) is 0 Å². The Hall–Kier alpha value is -3.93. The van der Waals surface area contributed by atoms with Crippen molar-refractivity contribution in [2.45, 2.75) is 20.0 Å². The summed E-state index contributed by atoms with van der Waals surface area (Å²) in [5.41, 5.74) is 0.360. The zero-order valence-corrected chi connectivity index (χ0v) is 18.4. The SMILES string of the molecule is C=C(C)C(=O)OC(C)COc1ccc(Oc2ccc(Oc3ccc(OC)cc3)cc2)cc1. The van der Waals surface area contributed by atoms with Crippen LogP contribution in [0.5, 0.6) is 34.5 Å². The number of carbonyl (C=O) groups excluding carboxylic acids is 1. The second-order valence-corrected chi connectivity index (χ2v) is 7.13. The zero-order chi connectivity index (χ0) is 22.9. The summed E-state index contributed by atoms with van der Waals surface area (Å²) in [6, 6.07) is 21.9. The van der Waals surface area contributed by atoms with Crippen LogP contribution in [0.4, 0.5) is 0 Å². The van der Waals surface area contributed by atoms with Gasteiger partial charge in [0.05, 0.1) is 7.11 Å². The van der Waals surface area contributed by atoms with E-state index in [-0.39, 0.29) is 12.7 Å². The van der Waals surface area contributed by atoms with E-state index in [1.54, 1.807) is 33.1 Å². The summed E-state index contributed by atoms with van der Waals surface area (Å²) >= 11 is 0. The predicted octanol–water partition coefficient (Wildman–Crippen LogP) is 6.17. The molecule has 0 aliphatic heterocycles. The van der Waals surface area contributed by atoms with Crippen LogP contribution in [0.3, 0.4) is 0 Å². The van der Waals surface area contributed by atoms with E-state index in [1.165, 1.54) is 0 Å². The smallest absolute Gasteiger partial charge is 0.333 e. The quantitative estimate of drug-likeness (QED) is 0.281. The number of ether oxygens (including phenoxy) is 5. The molecule has 3 rings (SSSR count). The van der Waals surface area contributed by atoms with E-state index in [0.29, 0.717) is 28.6 Å². The van der Waals surface area contributed by atoms with E-state index in [4.69, 9.17) is 23.7 Å². The number of rotatable bonds is 10. The second kappa shape index (κ2) is 10.9. The van der Waals surface area contributed by atoms with Crippen LogP contribution in [0.25, 0.3) is 0 Å². The maximum atomic E-state index is 11.5. The highest BCUT2D eigenvalue weighted by molar-refractivity contribution is 5.87. The fraction of sp³-hybridized carbons (Fsp3) is 0.192. The number of carbonyl (C=O) groups is 1. The summed E-state index contributed by atoms with van der Waals surface area (Å²) in [6.07, 6.45) is -0.381. The van der Waals surface area contributed by atoms with Crippen molar-refractivity contribution in [2.24, 2.45) is 0 Å². The molecule has 0 amide bonds. The predicted molar refractivity (Wildman–Crippen MR) is 122 cm³/mol. The highest BCUT2D eigenvalue weighted by Crippen LogP contribution is 2.28. The lowest BCUT2D eigenvalue weighted by molar-refractivity contribution is -0.144. The van der Waals surface area contributed by atoms with E-state index in [9.17, 15) is 4.79 Å². The third-order valence-electron chi connectivity index (χ3n) is 4.32. The van der Waals surface area contributed by atoms with Gasteiger partial charge in [-0.1, -0.05) is 6.58 Å². The summed E-state index contributed by atoms with van der Waals surface area (Å²) < 4.78 is 27.7. The van der Waals surface area contributed by atoms with Crippen molar-refractivity contribution in [3.05, 3.63) is 84.9 Å². The molecular weight excluding hydrogens is 408 g/mol. The van der Waals surface area contributed by atoms with E-state index >= 15 is 0 Å². The molecule has 0 aromatic heterocycles. The molecule has 0 bridgehead atoms. The van der Waals surface area contributed by atoms with Gasteiger partial charge < -0.3 is 23.7 Å². The molecule has 6 heteroatoms. The van der Waals surface area contributed by atoms with Crippen LogP contribution in [0.15, 0.2) is 84.9 Å². The van der Waals surface area contributed by atoms with Gasteiger partial charge in [-0.25, -0.2) is 4.79 Å². The Morgan fingerprint density at radius 1 is 0.750 bits per heavy atom. The molecule has 0 saturated heterocycles. The molecule has 1 unspecified atom stereocenters. The average molecular weight is 434 g/mol. The molecule has 0 aliphatic carbocycles. The molecule has 3 aromatic carbocycles. The van der Waals surface area contributed by atoms with Crippen LogP contribution >= 0.6 is 0 Å². The molecule has 32 heavy (non-hydrogen) atoms. The summed E-state index contributed by atoms with van der Waals surface area (Å²) in [5.74, 6) is 3.78. The molecule has 0 radical (unpaired) electrons. The zero-order valence-electron chi connectivity index (χ0n) is 18.4. The minimum Gasteiger partial charge on any atom is -0.497 e. The number of hydrogen-bond donors (Lipinski definition) is 0. The van der Waals surface area contributed by atoms with E-state index in [2.05, 4.69) is 6.58 Å². The number of benzene rings is 3. The Morgan fingerprint density at radius 2 is 1.12 bits per heavy atom. The van der Waals surface area contributed by atoms with E-state index < -0.39 is 5.97 Å². The Labute approximate surface area is 188 Å². The van der Waals surface area contributed by atoms with Gasteiger partial charge in [0.25, 0.3) is 0 Å². The van der Waals surface area contributed by atoms with Crippen LogP contribution in [0, 0.1) is 0 Å². The van der Waals surface area contributed by atoms with Gasteiger partial charge in [0.15, 0.2) is 0 Å². The molecular formula is C26H26O6. The maximum Gasteiger partial charge on any atom is 0.333 e. The molecule has 166 valence electrons. The Bertz CT molecular complexity index is 1020. The normalized spacial score (nSPS) is 11.2. The molecule has 3 aromatic rings. The molecule has 1 atom stereocenters. The van der Waals surface area contributed by atoms with Gasteiger partial charge in [-0.3, -0.25) is 0 Å². The second-order valence-electron chi connectivity index (χ2n) is 7.13. The lowest BCUT2D eigenvalue weighted by Crippen LogP contribution is -2.22. The van der Waals surface area contributed by atoms with Gasteiger partial charge in [-0.2, -0.15) is 0 Å². The van der Waals surface area contributed by atoms with Crippen LogP contribution < -0.4 is 18.9 Å². The lowest BCUT2D eigenvalue weighted by Gasteiger charge is -2.14. The summed E-state index contributed by atoms with van der Waals surface area (Å²) in [5, 5.41) is 0.